The van der Waals surface area contributed by atoms with Crippen LogP contribution in [0, 0.1) is 0 Å². The molecule has 2 heterocycles. The summed E-state index contributed by atoms with van der Waals surface area (Å²) in [5.74, 6) is 1.30. The second kappa shape index (κ2) is 5.07. The van der Waals surface area contributed by atoms with E-state index in [1.165, 1.54) is 31.4 Å². The van der Waals surface area contributed by atoms with Crippen LogP contribution in [0.1, 0.15) is 45.4 Å². The molecule has 0 aromatic heterocycles. The van der Waals surface area contributed by atoms with Crippen LogP contribution in [0.4, 0.5) is 0 Å². The van der Waals surface area contributed by atoms with Crippen molar-refractivity contribution in [1.29, 1.82) is 0 Å². The molecule has 0 aromatic carbocycles. The second-order valence-corrected chi connectivity index (χ2v) is 6.71. The lowest BCUT2D eigenvalue weighted by Crippen LogP contribution is -2.41. The molecule has 3 heteroatoms. The Hall–Kier alpha value is 0.270. The summed E-state index contributed by atoms with van der Waals surface area (Å²) in [6.07, 6.45) is 7.93. The van der Waals surface area contributed by atoms with Crippen molar-refractivity contribution in [3.63, 3.8) is 0 Å². The van der Waals surface area contributed by atoms with Gasteiger partial charge >= 0.3 is 0 Å². The van der Waals surface area contributed by atoms with Crippen LogP contribution < -0.4 is 5.73 Å². The zero-order chi connectivity index (χ0) is 10.7. The van der Waals surface area contributed by atoms with Gasteiger partial charge in [0.15, 0.2) is 0 Å². The minimum Gasteiger partial charge on any atom is -0.378 e. The normalized spacial score (nSPS) is 38.4. The summed E-state index contributed by atoms with van der Waals surface area (Å²) in [7, 11) is 0. The summed E-state index contributed by atoms with van der Waals surface area (Å²) in [5, 5.41) is 0. The van der Waals surface area contributed by atoms with Crippen LogP contribution in [-0.4, -0.2) is 29.3 Å². The Bertz CT molecular complexity index is 198. The first kappa shape index (κ1) is 11.7. The molecule has 2 aliphatic heterocycles. The highest BCUT2D eigenvalue weighted by Gasteiger charge is 2.35. The molecule has 88 valence electrons. The van der Waals surface area contributed by atoms with Gasteiger partial charge in [0.1, 0.15) is 0 Å². The zero-order valence-corrected chi connectivity index (χ0v) is 10.5. The van der Waals surface area contributed by atoms with Gasteiger partial charge in [-0.05, 0) is 51.2 Å². The number of nitrogens with two attached hydrogens (primary N) is 1. The Balaban J connectivity index is 1.73. The van der Waals surface area contributed by atoms with Gasteiger partial charge in [-0.1, -0.05) is 0 Å². The molecule has 0 aliphatic carbocycles. The Morgan fingerprint density at radius 1 is 1.53 bits per heavy atom. The van der Waals surface area contributed by atoms with Crippen LogP contribution in [-0.2, 0) is 4.74 Å². The molecular formula is C12H23NOS. The van der Waals surface area contributed by atoms with E-state index in [1.807, 2.05) is 0 Å². The Morgan fingerprint density at radius 2 is 2.40 bits per heavy atom. The fourth-order valence-corrected chi connectivity index (χ4v) is 4.01. The van der Waals surface area contributed by atoms with Crippen LogP contribution in [0.2, 0.25) is 0 Å². The predicted octanol–water partition coefficient (Wildman–Crippen LogP) is 2.56. The molecule has 0 radical (unpaired) electrons. The van der Waals surface area contributed by atoms with Crippen LogP contribution in [0.3, 0.4) is 0 Å². The van der Waals surface area contributed by atoms with Crippen molar-refractivity contribution in [1.82, 2.24) is 0 Å². The van der Waals surface area contributed by atoms with E-state index < -0.39 is 0 Å². The fourth-order valence-electron chi connectivity index (χ4n) is 2.64. The zero-order valence-electron chi connectivity index (χ0n) is 9.71. The molecule has 0 spiro atoms. The van der Waals surface area contributed by atoms with Gasteiger partial charge in [0.05, 0.1) is 6.10 Å². The van der Waals surface area contributed by atoms with Crippen molar-refractivity contribution in [3.8, 4) is 0 Å². The average Bonchev–Trinajstić information content (AvgIpc) is 2.85. The molecule has 2 saturated heterocycles. The maximum Gasteiger partial charge on any atom is 0.0576 e. The summed E-state index contributed by atoms with van der Waals surface area (Å²) < 4.78 is 5.98. The third-order valence-corrected chi connectivity index (χ3v) is 5.52. The van der Waals surface area contributed by atoms with Crippen molar-refractivity contribution in [3.05, 3.63) is 0 Å². The minimum atomic E-state index is 0.346. The second-order valence-electron chi connectivity index (χ2n) is 5.08. The van der Waals surface area contributed by atoms with E-state index in [1.54, 1.807) is 0 Å². The molecule has 3 atom stereocenters. The van der Waals surface area contributed by atoms with E-state index in [4.69, 9.17) is 10.5 Å². The molecule has 2 nitrogen and oxygen atoms in total. The summed E-state index contributed by atoms with van der Waals surface area (Å²) in [5.41, 5.74) is 6.31. The summed E-state index contributed by atoms with van der Waals surface area (Å²) in [6, 6.07) is 0.356. The monoisotopic (exact) mass is 229 g/mol. The molecule has 2 N–H and O–H groups in total. The lowest BCUT2D eigenvalue weighted by molar-refractivity contribution is 0.0997. The van der Waals surface area contributed by atoms with Crippen molar-refractivity contribution < 1.29 is 4.74 Å². The first-order valence-corrected chi connectivity index (χ1v) is 7.20. The number of thioether (sulfide) groups is 1. The van der Waals surface area contributed by atoms with Crippen LogP contribution >= 0.6 is 11.8 Å². The van der Waals surface area contributed by atoms with Gasteiger partial charge in [-0.25, -0.2) is 0 Å². The van der Waals surface area contributed by atoms with Crippen LogP contribution in [0.25, 0.3) is 0 Å². The lowest BCUT2D eigenvalue weighted by Gasteiger charge is -2.30. The molecule has 15 heavy (non-hydrogen) atoms. The molecule has 3 unspecified atom stereocenters. The summed E-state index contributed by atoms with van der Waals surface area (Å²) >= 11 is 2.07. The van der Waals surface area contributed by atoms with Crippen molar-refractivity contribution in [2.75, 3.05) is 12.4 Å². The average molecular weight is 229 g/mol. The van der Waals surface area contributed by atoms with Gasteiger partial charge in [0.2, 0.25) is 0 Å². The smallest absolute Gasteiger partial charge is 0.0576 e. The molecule has 2 rings (SSSR count). The van der Waals surface area contributed by atoms with Gasteiger partial charge in [-0.2, -0.15) is 11.8 Å². The van der Waals surface area contributed by atoms with Gasteiger partial charge in [0.25, 0.3) is 0 Å². The van der Waals surface area contributed by atoms with Gasteiger partial charge in [-0.15, -0.1) is 0 Å². The summed E-state index contributed by atoms with van der Waals surface area (Å²) in [6.45, 7) is 3.30. The van der Waals surface area contributed by atoms with E-state index in [0.717, 1.165) is 19.4 Å². The van der Waals surface area contributed by atoms with E-state index in [2.05, 4.69) is 18.7 Å². The van der Waals surface area contributed by atoms with Crippen LogP contribution in [0.5, 0.6) is 0 Å². The Labute approximate surface area is 97.3 Å². The molecule has 2 aliphatic rings. The standard InChI is InChI=1S/C12H23NOS/c1-12(7-3-9-15-12)11(13)6-5-10-4-2-8-14-10/h10-11H,2-9,13H2,1H3. The first-order chi connectivity index (χ1) is 7.21. The summed E-state index contributed by atoms with van der Waals surface area (Å²) in [4.78, 5) is 0. The highest BCUT2D eigenvalue weighted by Crippen LogP contribution is 2.41. The largest absolute Gasteiger partial charge is 0.378 e. The Kier molecular flexibility index (Phi) is 3.97. The van der Waals surface area contributed by atoms with E-state index >= 15 is 0 Å². The lowest BCUT2D eigenvalue weighted by atomic mass is 9.92. The van der Waals surface area contributed by atoms with Crippen molar-refractivity contribution in [2.45, 2.75) is 62.3 Å². The SMILES string of the molecule is CC1(C(N)CCC2CCCO2)CCCS1. The van der Waals surface area contributed by atoms with Gasteiger partial charge in [-0.3, -0.25) is 0 Å². The van der Waals surface area contributed by atoms with Crippen molar-refractivity contribution in [2.24, 2.45) is 5.73 Å². The van der Waals surface area contributed by atoms with Gasteiger partial charge < -0.3 is 10.5 Å². The molecule has 0 amide bonds. The highest BCUT2D eigenvalue weighted by molar-refractivity contribution is 8.00. The van der Waals surface area contributed by atoms with Crippen LogP contribution in [0.15, 0.2) is 0 Å². The third kappa shape index (κ3) is 2.89. The highest BCUT2D eigenvalue weighted by atomic mass is 32.2. The quantitative estimate of drug-likeness (QED) is 0.804. The molecular weight excluding hydrogens is 206 g/mol. The minimum absolute atomic E-state index is 0.346. The Morgan fingerprint density at radius 3 is 3.00 bits per heavy atom. The molecule has 2 fully saturated rings. The van der Waals surface area contributed by atoms with Gasteiger partial charge in [0, 0.05) is 17.4 Å². The maximum absolute atomic E-state index is 6.31. The molecule has 0 saturated carbocycles. The maximum atomic E-state index is 6.31. The topological polar surface area (TPSA) is 35.2 Å². The predicted molar refractivity (Wildman–Crippen MR) is 66.3 cm³/mol. The van der Waals surface area contributed by atoms with E-state index in [9.17, 15) is 0 Å². The number of rotatable bonds is 4. The van der Waals surface area contributed by atoms with E-state index in [0.29, 0.717) is 16.9 Å². The number of hydrogen-bond acceptors (Lipinski definition) is 3. The first-order valence-electron chi connectivity index (χ1n) is 6.22. The fraction of sp³-hybridized carbons (Fsp3) is 1.00. The molecule has 0 bridgehead atoms. The molecule has 0 aromatic rings. The number of ether oxygens (including phenoxy) is 1. The van der Waals surface area contributed by atoms with E-state index in [-0.39, 0.29) is 0 Å². The number of hydrogen-bond donors (Lipinski definition) is 1. The van der Waals surface area contributed by atoms with Crippen molar-refractivity contribution >= 4 is 11.8 Å². The third-order valence-electron chi connectivity index (χ3n) is 3.86.